The lowest BCUT2D eigenvalue weighted by Crippen LogP contribution is -2.47. The Labute approximate surface area is 106 Å². The van der Waals surface area contributed by atoms with Gasteiger partial charge >= 0.3 is 0 Å². The van der Waals surface area contributed by atoms with Crippen molar-refractivity contribution in [2.45, 2.75) is 33.1 Å². The minimum Gasteiger partial charge on any atom is -0.330 e. The van der Waals surface area contributed by atoms with Gasteiger partial charge in [-0.3, -0.25) is 0 Å². The van der Waals surface area contributed by atoms with Gasteiger partial charge in [0, 0.05) is 32.7 Å². The van der Waals surface area contributed by atoms with Crippen molar-refractivity contribution in [1.82, 2.24) is 9.80 Å². The van der Waals surface area contributed by atoms with Crippen molar-refractivity contribution in [2.75, 3.05) is 45.8 Å². The summed E-state index contributed by atoms with van der Waals surface area (Å²) in [5.74, 6) is 1.04. The Balaban J connectivity index is 1.61. The maximum Gasteiger partial charge on any atom is 0.0110 e. The molecular weight excluding hydrogens is 210 g/mol. The molecule has 0 aromatic rings. The first-order chi connectivity index (χ1) is 8.09. The van der Waals surface area contributed by atoms with Gasteiger partial charge in [-0.25, -0.2) is 0 Å². The summed E-state index contributed by atoms with van der Waals surface area (Å²) in [5, 5.41) is 0. The van der Waals surface area contributed by atoms with Gasteiger partial charge in [0.1, 0.15) is 0 Å². The number of hydrogen-bond acceptors (Lipinski definition) is 3. The third-order valence-electron chi connectivity index (χ3n) is 4.34. The predicted molar refractivity (Wildman–Crippen MR) is 73.1 cm³/mol. The molecule has 17 heavy (non-hydrogen) atoms. The monoisotopic (exact) mass is 239 g/mol. The van der Waals surface area contributed by atoms with Gasteiger partial charge in [0.25, 0.3) is 0 Å². The van der Waals surface area contributed by atoms with Gasteiger partial charge in [-0.05, 0) is 43.7 Å². The van der Waals surface area contributed by atoms with E-state index in [2.05, 4.69) is 23.6 Å². The van der Waals surface area contributed by atoms with Crippen LogP contribution in [0.5, 0.6) is 0 Å². The highest BCUT2D eigenvalue weighted by atomic mass is 15.3. The van der Waals surface area contributed by atoms with Crippen LogP contribution in [0.15, 0.2) is 0 Å². The fourth-order valence-electron chi connectivity index (χ4n) is 2.42. The average molecular weight is 239 g/mol. The normalized spacial score (nSPS) is 24.2. The molecule has 100 valence electrons. The molecular formula is C14H29N3. The third-order valence-corrected chi connectivity index (χ3v) is 4.34. The first kappa shape index (κ1) is 13.3. The lowest BCUT2D eigenvalue weighted by molar-refractivity contribution is 0.116. The topological polar surface area (TPSA) is 32.5 Å². The van der Waals surface area contributed by atoms with Crippen LogP contribution in [0, 0.1) is 11.3 Å². The smallest absolute Gasteiger partial charge is 0.0110 e. The molecule has 3 heteroatoms. The average Bonchev–Trinajstić information content (AvgIpc) is 3.12. The molecule has 1 saturated carbocycles. The van der Waals surface area contributed by atoms with Crippen molar-refractivity contribution in [2.24, 2.45) is 17.1 Å². The maximum atomic E-state index is 5.78. The molecule has 3 nitrogen and oxygen atoms in total. The zero-order valence-corrected chi connectivity index (χ0v) is 11.6. The summed E-state index contributed by atoms with van der Waals surface area (Å²) in [7, 11) is 0. The van der Waals surface area contributed by atoms with Crippen LogP contribution in [0.25, 0.3) is 0 Å². The van der Waals surface area contributed by atoms with E-state index in [1.54, 1.807) is 0 Å². The van der Waals surface area contributed by atoms with Crippen LogP contribution < -0.4 is 5.73 Å². The molecule has 2 rings (SSSR count). The van der Waals surface area contributed by atoms with Crippen LogP contribution in [-0.2, 0) is 0 Å². The zero-order chi connectivity index (χ0) is 12.3. The Morgan fingerprint density at radius 3 is 2.18 bits per heavy atom. The van der Waals surface area contributed by atoms with E-state index in [1.807, 2.05) is 0 Å². The van der Waals surface area contributed by atoms with Crippen molar-refractivity contribution < 1.29 is 0 Å². The highest BCUT2D eigenvalue weighted by Gasteiger charge is 2.26. The van der Waals surface area contributed by atoms with Gasteiger partial charge in [-0.2, -0.15) is 0 Å². The van der Waals surface area contributed by atoms with Gasteiger partial charge in [0.05, 0.1) is 0 Å². The second-order valence-electron chi connectivity index (χ2n) is 6.70. The lowest BCUT2D eigenvalue weighted by atomic mass is 9.89. The number of nitrogens with zero attached hydrogens (tertiary/aromatic N) is 2. The quantitative estimate of drug-likeness (QED) is 0.760. The van der Waals surface area contributed by atoms with Crippen LogP contribution in [0.1, 0.15) is 33.1 Å². The van der Waals surface area contributed by atoms with Crippen molar-refractivity contribution in [3.8, 4) is 0 Å². The standard InChI is InChI=1S/C14H29N3/c1-14(2,12-15)5-6-16-7-9-17(10-8-16)11-13-3-4-13/h13H,3-12,15H2,1-2H3. The molecule has 0 bridgehead atoms. The molecule has 0 radical (unpaired) electrons. The molecule has 2 fully saturated rings. The van der Waals surface area contributed by atoms with Crippen molar-refractivity contribution >= 4 is 0 Å². The van der Waals surface area contributed by atoms with Gasteiger partial charge in [-0.1, -0.05) is 13.8 Å². The molecule has 0 atom stereocenters. The Morgan fingerprint density at radius 2 is 1.65 bits per heavy atom. The number of hydrogen-bond donors (Lipinski definition) is 1. The molecule has 1 heterocycles. The van der Waals surface area contributed by atoms with E-state index >= 15 is 0 Å². The molecule has 0 spiro atoms. The second-order valence-corrected chi connectivity index (χ2v) is 6.70. The molecule has 1 aliphatic heterocycles. The van der Waals surface area contributed by atoms with E-state index in [0.29, 0.717) is 5.41 Å². The molecule has 0 unspecified atom stereocenters. The summed E-state index contributed by atoms with van der Waals surface area (Å²) in [6.07, 6.45) is 4.18. The van der Waals surface area contributed by atoms with Crippen molar-refractivity contribution in [3.63, 3.8) is 0 Å². The summed E-state index contributed by atoms with van der Waals surface area (Å²) in [4.78, 5) is 5.27. The fraction of sp³-hybridized carbons (Fsp3) is 1.00. The lowest BCUT2D eigenvalue weighted by Gasteiger charge is -2.36. The minimum atomic E-state index is 0.311. The number of rotatable bonds is 6. The van der Waals surface area contributed by atoms with E-state index in [0.717, 1.165) is 12.5 Å². The second kappa shape index (κ2) is 5.68. The van der Waals surface area contributed by atoms with Crippen LogP contribution in [0.3, 0.4) is 0 Å². The van der Waals surface area contributed by atoms with Crippen LogP contribution in [0.4, 0.5) is 0 Å². The van der Waals surface area contributed by atoms with E-state index in [1.165, 1.54) is 58.5 Å². The summed E-state index contributed by atoms with van der Waals surface area (Å²) >= 11 is 0. The summed E-state index contributed by atoms with van der Waals surface area (Å²) < 4.78 is 0. The minimum absolute atomic E-state index is 0.311. The van der Waals surface area contributed by atoms with Gasteiger partial charge < -0.3 is 15.5 Å². The Hall–Kier alpha value is -0.120. The fourth-order valence-corrected chi connectivity index (χ4v) is 2.42. The Bertz CT molecular complexity index is 228. The van der Waals surface area contributed by atoms with Gasteiger partial charge in [-0.15, -0.1) is 0 Å². The van der Waals surface area contributed by atoms with Crippen LogP contribution in [0.2, 0.25) is 0 Å². The zero-order valence-electron chi connectivity index (χ0n) is 11.6. The molecule has 2 aliphatic rings. The molecule has 2 N–H and O–H groups in total. The van der Waals surface area contributed by atoms with E-state index in [4.69, 9.17) is 5.73 Å². The number of piperazine rings is 1. The van der Waals surface area contributed by atoms with Crippen molar-refractivity contribution in [1.29, 1.82) is 0 Å². The van der Waals surface area contributed by atoms with Crippen LogP contribution >= 0.6 is 0 Å². The molecule has 1 aliphatic carbocycles. The highest BCUT2D eigenvalue weighted by molar-refractivity contribution is 4.81. The number of nitrogens with two attached hydrogens (primary N) is 1. The predicted octanol–water partition coefficient (Wildman–Crippen LogP) is 1.39. The Morgan fingerprint density at radius 1 is 1.06 bits per heavy atom. The first-order valence-electron chi connectivity index (χ1n) is 7.24. The largest absolute Gasteiger partial charge is 0.330 e. The summed E-state index contributed by atoms with van der Waals surface area (Å²) in [6, 6.07) is 0. The van der Waals surface area contributed by atoms with Gasteiger partial charge in [0.15, 0.2) is 0 Å². The van der Waals surface area contributed by atoms with E-state index in [9.17, 15) is 0 Å². The molecule has 0 aromatic heterocycles. The van der Waals surface area contributed by atoms with Gasteiger partial charge in [0.2, 0.25) is 0 Å². The van der Waals surface area contributed by atoms with E-state index < -0.39 is 0 Å². The SMILES string of the molecule is CC(C)(CN)CCN1CCN(CC2CC2)CC1. The Kier molecular flexibility index (Phi) is 4.45. The molecule has 0 aromatic carbocycles. The third kappa shape index (κ3) is 4.57. The van der Waals surface area contributed by atoms with Crippen LogP contribution in [-0.4, -0.2) is 55.6 Å². The molecule has 1 saturated heterocycles. The highest BCUT2D eigenvalue weighted by Crippen LogP contribution is 2.30. The summed E-state index contributed by atoms with van der Waals surface area (Å²) in [6.45, 7) is 13.0. The summed E-state index contributed by atoms with van der Waals surface area (Å²) in [5.41, 5.74) is 6.09. The van der Waals surface area contributed by atoms with E-state index in [-0.39, 0.29) is 0 Å². The first-order valence-corrected chi connectivity index (χ1v) is 7.24. The maximum absolute atomic E-state index is 5.78. The van der Waals surface area contributed by atoms with Crippen molar-refractivity contribution in [3.05, 3.63) is 0 Å². The molecule has 0 amide bonds.